The van der Waals surface area contributed by atoms with E-state index >= 15 is 0 Å². The third-order valence-electron chi connectivity index (χ3n) is 2.96. The Kier molecular flexibility index (Phi) is 5.99. The molecule has 3 N–H and O–H groups in total. The summed E-state index contributed by atoms with van der Waals surface area (Å²) in [5, 5.41) is 0.364. The van der Waals surface area contributed by atoms with Gasteiger partial charge in [-0.05, 0) is 42.3 Å². The molecule has 2 rings (SSSR count). The molecule has 0 saturated heterocycles. The van der Waals surface area contributed by atoms with Crippen LogP contribution in [0.25, 0.3) is 0 Å². The van der Waals surface area contributed by atoms with Crippen LogP contribution in [0.1, 0.15) is 5.56 Å². The van der Waals surface area contributed by atoms with Gasteiger partial charge < -0.3 is 0 Å². The summed E-state index contributed by atoms with van der Waals surface area (Å²) in [6, 6.07) is 10.8. The average Bonchev–Trinajstić information content (AvgIpc) is 2.45. The minimum Gasteiger partial charge on any atom is -0.271 e. The van der Waals surface area contributed by atoms with Crippen LogP contribution in [0.5, 0.6) is 0 Å². The van der Waals surface area contributed by atoms with Gasteiger partial charge in [-0.2, -0.15) is 0 Å². The summed E-state index contributed by atoms with van der Waals surface area (Å²) in [7, 11) is 0. The molecule has 2 aromatic carbocycles. The SMILES string of the molecule is NNC(CSc1cccc(F)c1)Cc1ccc(Cl)cc1F. The third-order valence-corrected chi connectivity index (χ3v) is 4.36. The predicted molar refractivity (Wildman–Crippen MR) is 83.3 cm³/mol. The zero-order valence-corrected chi connectivity index (χ0v) is 12.7. The molecule has 1 unspecified atom stereocenters. The van der Waals surface area contributed by atoms with Crippen molar-refractivity contribution in [3.8, 4) is 0 Å². The molecule has 0 aliphatic carbocycles. The first-order valence-electron chi connectivity index (χ1n) is 6.37. The van der Waals surface area contributed by atoms with E-state index in [1.807, 2.05) is 6.07 Å². The van der Waals surface area contributed by atoms with Gasteiger partial charge in [0.2, 0.25) is 0 Å². The van der Waals surface area contributed by atoms with E-state index in [0.717, 1.165) is 4.90 Å². The van der Waals surface area contributed by atoms with E-state index in [4.69, 9.17) is 17.4 Å². The molecule has 0 aromatic heterocycles. The number of rotatable bonds is 6. The van der Waals surface area contributed by atoms with Crippen molar-refractivity contribution in [3.05, 3.63) is 64.7 Å². The molecule has 0 heterocycles. The van der Waals surface area contributed by atoms with Crippen LogP contribution in [0, 0.1) is 11.6 Å². The summed E-state index contributed by atoms with van der Waals surface area (Å²) in [5.74, 6) is 5.48. The van der Waals surface area contributed by atoms with Crippen molar-refractivity contribution in [2.45, 2.75) is 17.4 Å². The zero-order chi connectivity index (χ0) is 15.2. The van der Waals surface area contributed by atoms with Gasteiger partial charge in [-0.25, -0.2) is 8.78 Å². The third kappa shape index (κ3) is 4.97. The normalized spacial score (nSPS) is 12.4. The van der Waals surface area contributed by atoms with Crippen molar-refractivity contribution in [1.29, 1.82) is 0 Å². The van der Waals surface area contributed by atoms with Crippen LogP contribution in [0.4, 0.5) is 8.78 Å². The van der Waals surface area contributed by atoms with Crippen molar-refractivity contribution in [2.24, 2.45) is 5.84 Å². The number of nitrogens with one attached hydrogen (secondary N) is 1. The highest BCUT2D eigenvalue weighted by molar-refractivity contribution is 7.99. The van der Waals surface area contributed by atoms with Crippen molar-refractivity contribution >= 4 is 23.4 Å². The molecule has 21 heavy (non-hydrogen) atoms. The van der Waals surface area contributed by atoms with Crippen LogP contribution < -0.4 is 11.3 Å². The second-order valence-electron chi connectivity index (χ2n) is 4.57. The molecule has 0 aliphatic heterocycles. The fourth-order valence-electron chi connectivity index (χ4n) is 1.87. The molecule has 6 heteroatoms. The topological polar surface area (TPSA) is 38.0 Å². The minimum absolute atomic E-state index is 0.131. The highest BCUT2D eigenvalue weighted by Gasteiger charge is 2.12. The second kappa shape index (κ2) is 7.75. The number of benzene rings is 2. The summed E-state index contributed by atoms with van der Waals surface area (Å²) >= 11 is 7.19. The summed E-state index contributed by atoms with van der Waals surface area (Å²) in [6.07, 6.45) is 0.432. The molecule has 0 radical (unpaired) electrons. The van der Waals surface area contributed by atoms with Gasteiger partial charge >= 0.3 is 0 Å². The standard InChI is InChI=1S/C15H15ClF2N2S/c16-11-5-4-10(15(18)7-11)6-13(20-19)9-21-14-3-1-2-12(17)8-14/h1-5,7-8,13,20H,6,9,19H2. The zero-order valence-electron chi connectivity index (χ0n) is 11.2. The fraction of sp³-hybridized carbons (Fsp3) is 0.200. The summed E-state index contributed by atoms with van der Waals surface area (Å²) in [4.78, 5) is 0.812. The van der Waals surface area contributed by atoms with E-state index in [-0.39, 0.29) is 17.7 Å². The maximum absolute atomic E-state index is 13.8. The van der Waals surface area contributed by atoms with Crippen molar-refractivity contribution in [1.82, 2.24) is 5.43 Å². The fourth-order valence-corrected chi connectivity index (χ4v) is 3.01. The smallest absolute Gasteiger partial charge is 0.127 e. The van der Waals surface area contributed by atoms with Crippen molar-refractivity contribution in [2.75, 3.05) is 5.75 Å². The monoisotopic (exact) mass is 328 g/mol. The molecule has 0 amide bonds. The first-order chi connectivity index (χ1) is 10.1. The molecule has 0 fully saturated rings. The van der Waals surface area contributed by atoms with Gasteiger partial charge in [-0.15, -0.1) is 11.8 Å². The molecule has 2 aromatic rings. The Hall–Kier alpha value is -1.14. The second-order valence-corrected chi connectivity index (χ2v) is 6.10. The van der Waals surface area contributed by atoms with Gasteiger partial charge in [-0.3, -0.25) is 11.3 Å². The lowest BCUT2D eigenvalue weighted by atomic mass is 10.1. The Morgan fingerprint density at radius 1 is 1.19 bits per heavy atom. The molecule has 2 nitrogen and oxygen atoms in total. The lowest BCUT2D eigenvalue weighted by Gasteiger charge is -2.16. The number of halogens is 3. The molecule has 0 spiro atoms. The van der Waals surface area contributed by atoms with Crippen molar-refractivity contribution in [3.63, 3.8) is 0 Å². The summed E-state index contributed by atoms with van der Waals surface area (Å²) < 4.78 is 26.8. The number of nitrogens with two attached hydrogens (primary N) is 1. The van der Waals surface area contributed by atoms with Crippen LogP contribution in [-0.4, -0.2) is 11.8 Å². The lowest BCUT2D eigenvalue weighted by Crippen LogP contribution is -2.38. The minimum atomic E-state index is -0.349. The van der Waals surface area contributed by atoms with E-state index in [2.05, 4.69) is 5.43 Å². The van der Waals surface area contributed by atoms with Crippen LogP contribution in [0.2, 0.25) is 5.02 Å². The summed E-state index contributed by atoms with van der Waals surface area (Å²) in [5.41, 5.74) is 3.21. The van der Waals surface area contributed by atoms with E-state index in [1.54, 1.807) is 18.2 Å². The van der Waals surface area contributed by atoms with Crippen molar-refractivity contribution < 1.29 is 8.78 Å². The van der Waals surface area contributed by atoms with E-state index in [9.17, 15) is 8.78 Å². The quantitative estimate of drug-likeness (QED) is 0.481. The Morgan fingerprint density at radius 3 is 2.67 bits per heavy atom. The molecule has 1 atom stereocenters. The van der Waals surface area contributed by atoms with Crippen LogP contribution >= 0.6 is 23.4 Å². The number of hydrogen-bond donors (Lipinski definition) is 2. The van der Waals surface area contributed by atoms with E-state index in [0.29, 0.717) is 22.8 Å². The van der Waals surface area contributed by atoms with Crippen LogP contribution in [0.3, 0.4) is 0 Å². The average molecular weight is 329 g/mol. The first kappa shape index (κ1) is 16.2. The molecular formula is C15H15ClF2N2S. The lowest BCUT2D eigenvalue weighted by molar-refractivity contribution is 0.546. The van der Waals surface area contributed by atoms with Gasteiger partial charge in [-0.1, -0.05) is 23.7 Å². The Bertz CT molecular complexity index is 610. The van der Waals surface area contributed by atoms with Gasteiger partial charge in [0.05, 0.1) is 0 Å². The Labute approximate surface area is 131 Å². The van der Waals surface area contributed by atoms with Gasteiger partial charge in [0.1, 0.15) is 11.6 Å². The maximum Gasteiger partial charge on any atom is 0.127 e. The van der Waals surface area contributed by atoms with Crippen LogP contribution in [-0.2, 0) is 6.42 Å². The van der Waals surface area contributed by atoms with E-state index in [1.165, 1.54) is 30.0 Å². The predicted octanol–water partition coefficient (Wildman–Crippen LogP) is 3.78. The molecule has 0 saturated carbocycles. The Balaban J connectivity index is 1.97. The largest absolute Gasteiger partial charge is 0.271 e. The molecule has 112 valence electrons. The van der Waals surface area contributed by atoms with E-state index < -0.39 is 0 Å². The molecule has 0 aliphatic rings. The molecular weight excluding hydrogens is 314 g/mol. The summed E-state index contributed by atoms with van der Waals surface area (Å²) in [6.45, 7) is 0. The number of hydrogen-bond acceptors (Lipinski definition) is 3. The number of thioether (sulfide) groups is 1. The van der Waals surface area contributed by atoms with Gasteiger partial charge in [0, 0.05) is 21.7 Å². The highest BCUT2D eigenvalue weighted by Crippen LogP contribution is 2.22. The molecule has 0 bridgehead atoms. The first-order valence-corrected chi connectivity index (χ1v) is 7.73. The highest BCUT2D eigenvalue weighted by atomic mass is 35.5. The Morgan fingerprint density at radius 2 is 2.00 bits per heavy atom. The van der Waals surface area contributed by atoms with Gasteiger partial charge in [0.15, 0.2) is 0 Å². The maximum atomic E-state index is 13.8. The number of hydrazine groups is 1. The van der Waals surface area contributed by atoms with Gasteiger partial charge in [0.25, 0.3) is 0 Å². The van der Waals surface area contributed by atoms with Crippen LogP contribution in [0.15, 0.2) is 47.4 Å².